The summed E-state index contributed by atoms with van der Waals surface area (Å²) in [5.74, 6) is 1.01. The third-order valence-corrected chi connectivity index (χ3v) is 5.36. The van der Waals surface area contributed by atoms with Crippen molar-refractivity contribution in [2.75, 3.05) is 0 Å². The molecule has 1 heteroatoms. The Morgan fingerprint density at radius 3 is 2.47 bits per heavy atom. The summed E-state index contributed by atoms with van der Waals surface area (Å²) in [4.78, 5) is 0. The van der Waals surface area contributed by atoms with Crippen molar-refractivity contribution in [1.29, 1.82) is 0 Å². The summed E-state index contributed by atoms with van der Waals surface area (Å²) in [6, 6.07) is 1.60. The number of rotatable bonds is 3. The van der Waals surface area contributed by atoms with Crippen LogP contribution in [0.3, 0.4) is 0 Å². The van der Waals surface area contributed by atoms with Crippen LogP contribution in [0.1, 0.15) is 78.6 Å². The van der Waals surface area contributed by atoms with Gasteiger partial charge in [0, 0.05) is 12.1 Å². The first kappa shape index (κ1) is 13.4. The summed E-state index contributed by atoms with van der Waals surface area (Å²) in [5, 5.41) is 3.99. The van der Waals surface area contributed by atoms with Gasteiger partial charge in [-0.25, -0.2) is 0 Å². The maximum atomic E-state index is 3.99. The highest BCUT2D eigenvalue weighted by atomic mass is 15.0. The Balaban J connectivity index is 1.83. The van der Waals surface area contributed by atoms with Gasteiger partial charge < -0.3 is 5.32 Å². The molecule has 1 nitrogen and oxygen atoms in total. The lowest BCUT2D eigenvalue weighted by Gasteiger charge is -2.32. The molecule has 0 aliphatic heterocycles. The number of hydrogen-bond donors (Lipinski definition) is 1. The molecule has 2 rings (SSSR count). The Bertz CT molecular complexity index is 234. The lowest BCUT2D eigenvalue weighted by Crippen LogP contribution is -2.43. The largest absolute Gasteiger partial charge is 0.311 e. The minimum absolute atomic E-state index is 0.538. The maximum absolute atomic E-state index is 3.99. The van der Waals surface area contributed by atoms with Gasteiger partial charge in [-0.2, -0.15) is 0 Å². The van der Waals surface area contributed by atoms with Crippen molar-refractivity contribution in [2.45, 2.75) is 90.6 Å². The van der Waals surface area contributed by atoms with Gasteiger partial charge >= 0.3 is 0 Å². The smallest absolute Gasteiger partial charge is 0.0121 e. The predicted octanol–water partition coefficient (Wildman–Crippen LogP) is 4.51. The van der Waals surface area contributed by atoms with E-state index in [9.17, 15) is 0 Å². The highest BCUT2D eigenvalue weighted by Gasteiger charge is 2.35. The molecule has 0 aromatic carbocycles. The Hall–Kier alpha value is -0.0400. The molecule has 2 aliphatic rings. The zero-order valence-electron chi connectivity index (χ0n) is 12.1. The van der Waals surface area contributed by atoms with E-state index in [1.807, 2.05) is 0 Å². The molecule has 0 radical (unpaired) electrons. The van der Waals surface area contributed by atoms with Crippen LogP contribution in [0.15, 0.2) is 0 Å². The molecule has 2 saturated carbocycles. The van der Waals surface area contributed by atoms with Crippen molar-refractivity contribution in [3.05, 3.63) is 0 Å². The second kappa shape index (κ2) is 5.73. The van der Waals surface area contributed by atoms with E-state index in [1.165, 1.54) is 57.8 Å². The zero-order chi connectivity index (χ0) is 12.3. The molecule has 0 aromatic heterocycles. The molecule has 0 bridgehead atoms. The molecule has 2 fully saturated rings. The molecular weight excluding hydrogens is 206 g/mol. The van der Waals surface area contributed by atoms with Crippen molar-refractivity contribution in [3.8, 4) is 0 Å². The third kappa shape index (κ3) is 3.47. The molecular formula is C16H31N. The fourth-order valence-corrected chi connectivity index (χ4v) is 3.87. The van der Waals surface area contributed by atoms with E-state index in [2.05, 4.69) is 26.1 Å². The normalized spacial score (nSPS) is 37.9. The second-order valence-electron chi connectivity index (χ2n) is 7.08. The zero-order valence-corrected chi connectivity index (χ0v) is 12.1. The molecule has 0 spiro atoms. The highest BCUT2D eigenvalue weighted by molar-refractivity contribution is 4.92. The Morgan fingerprint density at radius 2 is 1.82 bits per heavy atom. The molecule has 100 valence electrons. The van der Waals surface area contributed by atoms with Crippen LogP contribution >= 0.6 is 0 Å². The lowest BCUT2D eigenvalue weighted by atomic mass is 9.86. The van der Waals surface area contributed by atoms with Gasteiger partial charge in [-0.3, -0.25) is 0 Å². The molecule has 0 amide bonds. The topological polar surface area (TPSA) is 12.0 Å². The summed E-state index contributed by atoms with van der Waals surface area (Å²) in [7, 11) is 0. The van der Waals surface area contributed by atoms with Crippen molar-refractivity contribution in [2.24, 2.45) is 11.3 Å². The van der Waals surface area contributed by atoms with Crippen LogP contribution in [0.5, 0.6) is 0 Å². The molecule has 3 unspecified atom stereocenters. The van der Waals surface area contributed by atoms with E-state index in [0.717, 1.165) is 18.0 Å². The first-order valence-electron chi connectivity index (χ1n) is 7.88. The van der Waals surface area contributed by atoms with E-state index in [-0.39, 0.29) is 0 Å². The van der Waals surface area contributed by atoms with E-state index >= 15 is 0 Å². The average molecular weight is 237 g/mol. The minimum atomic E-state index is 0.538. The van der Waals surface area contributed by atoms with E-state index in [0.29, 0.717) is 5.41 Å². The minimum Gasteiger partial charge on any atom is -0.311 e. The van der Waals surface area contributed by atoms with E-state index in [1.54, 1.807) is 0 Å². The number of nitrogens with one attached hydrogen (secondary N) is 1. The average Bonchev–Trinajstić information content (AvgIpc) is 2.53. The summed E-state index contributed by atoms with van der Waals surface area (Å²) in [5.41, 5.74) is 0.538. The van der Waals surface area contributed by atoms with Crippen LogP contribution in [-0.2, 0) is 0 Å². The van der Waals surface area contributed by atoms with Crippen LogP contribution in [0, 0.1) is 11.3 Å². The first-order valence-corrected chi connectivity index (χ1v) is 7.88. The van der Waals surface area contributed by atoms with Crippen LogP contribution in [0.2, 0.25) is 0 Å². The molecule has 0 heterocycles. The lowest BCUT2D eigenvalue weighted by molar-refractivity contribution is 0.251. The molecule has 0 aromatic rings. The van der Waals surface area contributed by atoms with Crippen molar-refractivity contribution < 1.29 is 0 Å². The van der Waals surface area contributed by atoms with Gasteiger partial charge in [0.1, 0.15) is 0 Å². The van der Waals surface area contributed by atoms with Crippen LogP contribution < -0.4 is 5.32 Å². The third-order valence-electron chi connectivity index (χ3n) is 5.36. The Labute approximate surface area is 108 Å². The summed E-state index contributed by atoms with van der Waals surface area (Å²) in [6.45, 7) is 7.25. The van der Waals surface area contributed by atoms with Gasteiger partial charge in [-0.05, 0) is 43.4 Å². The molecule has 1 N–H and O–H groups in total. The van der Waals surface area contributed by atoms with Crippen molar-refractivity contribution >= 4 is 0 Å². The van der Waals surface area contributed by atoms with Crippen LogP contribution in [-0.4, -0.2) is 12.1 Å². The SMILES string of the molecule is CCC1CCCC(NC2CCCC2(C)C)CC1. The Morgan fingerprint density at radius 1 is 1.00 bits per heavy atom. The van der Waals surface area contributed by atoms with Crippen LogP contribution in [0.25, 0.3) is 0 Å². The molecule has 0 saturated heterocycles. The summed E-state index contributed by atoms with van der Waals surface area (Å²) in [6.07, 6.45) is 12.9. The standard InChI is InChI=1S/C16H31N/c1-4-13-7-5-8-14(11-10-13)17-15-9-6-12-16(15,2)3/h13-15,17H,4-12H2,1-3H3. The van der Waals surface area contributed by atoms with E-state index in [4.69, 9.17) is 0 Å². The maximum Gasteiger partial charge on any atom is 0.0121 e. The van der Waals surface area contributed by atoms with Crippen molar-refractivity contribution in [1.82, 2.24) is 5.32 Å². The number of hydrogen-bond acceptors (Lipinski definition) is 1. The first-order chi connectivity index (χ1) is 8.12. The molecule has 3 atom stereocenters. The van der Waals surface area contributed by atoms with Gasteiger partial charge in [0.05, 0.1) is 0 Å². The monoisotopic (exact) mass is 237 g/mol. The highest BCUT2D eigenvalue weighted by Crippen LogP contribution is 2.38. The van der Waals surface area contributed by atoms with Crippen molar-refractivity contribution in [3.63, 3.8) is 0 Å². The summed E-state index contributed by atoms with van der Waals surface area (Å²) < 4.78 is 0. The fraction of sp³-hybridized carbons (Fsp3) is 1.00. The Kier molecular flexibility index (Phi) is 4.52. The molecule has 2 aliphatic carbocycles. The van der Waals surface area contributed by atoms with Gasteiger partial charge in [0.2, 0.25) is 0 Å². The van der Waals surface area contributed by atoms with Gasteiger partial charge in [0.25, 0.3) is 0 Å². The van der Waals surface area contributed by atoms with Gasteiger partial charge in [-0.15, -0.1) is 0 Å². The molecule has 17 heavy (non-hydrogen) atoms. The van der Waals surface area contributed by atoms with Gasteiger partial charge in [-0.1, -0.05) is 46.5 Å². The van der Waals surface area contributed by atoms with Gasteiger partial charge in [0.15, 0.2) is 0 Å². The summed E-state index contributed by atoms with van der Waals surface area (Å²) >= 11 is 0. The van der Waals surface area contributed by atoms with E-state index < -0.39 is 0 Å². The predicted molar refractivity (Wildman–Crippen MR) is 75.2 cm³/mol. The fourth-order valence-electron chi connectivity index (χ4n) is 3.87. The second-order valence-corrected chi connectivity index (χ2v) is 7.08. The van der Waals surface area contributed by atoms with Crippen LogP contribution in [0.4, 0.5) is 0 Å². The quantitative estimate of drug-likeness (QED) is 0.712.